The third-order valence-corrected chi connectivity index (χ3v) is 0.987. The van der Waals surface area contributed by atoms with E-state index >= 15 is 0 Å². The summed E-state index contributed by atoms with van der Waals surface area (Å²) in [7, 11) is 5.84. The minimum absolute atomic E-state index is 0. The molecule has 0 amide bonds. The van der Waals surface area contributed by atoms with Gasteiger partial charge in [-0.25, -0.2) is 0 Å². The minimum Gasteiger partial charge on any atom is -0.550 e. The van der Waals surface area contributed by atoms with Crippen LogP contribution in [0.4, 0.5) is 0 Å². The van der Waals surface area contributed by atoms with E-state index in [0.29, 0.717) is 11.0 Å². The molecule has 0 aliphatic heterocycles. The Morgan fingerprint density at radius 2 is 1.80 bits per heavy atom. The van der Waals surface area contributed by atoms with Crippen LogP contribution in [-0.4, -0.2) is 38.1 Å². The molecule has 62 valence electrons. The van der Waals surface area contributed by atoms with Crippen molar-refractivity contribution in [3.8, 4) is 0 Å². The number of hydrogen-bond acceptors (Lipinski definition) is 2. The summed E-state index contributed by atoms with van der Waals surface area (Å²) in [5.41, 5.74) is 0. The monoisotopic (exact) mass is 259 g/mol. The number of hydrogen-bond donors (Lipinski definition) is 0. The Balaban J connectivity index is 0. The molecule has 0 radical (unpaired) electrons. The molecule has 3 nitrogen and oxygen atoms in total. The standard InChI is InChI=1S/C6H13NO2.HI/c1-7(2,3)5-4-6(8)9;/h4-5H2,1-3H3;1H. The van der Waals surface area contributed by atoms with Crippen LogP contribution in [0.5, 0.6) is 0 Å². The van der Waals surface area contributed by atoms with E-state index in [1.165, 1.54) is 0 Å². The van der Waals surface area contributed by atoms with Crippen LogP contribution >= 0.6 is 24.0 Å². The molecular formula is C6H14INO2. The van der Waals surface area contributed by atoms with Crippen molar-refractivity contribution in [2.24, 2.45) is 0 Å². The summed E-state index contributed by atoms with van der Waals surface area (Å²) >= 11 is 0. The molecule has 0 rings (SSSR count). The zero-order chi connectivity index (χ0) is 7.49. The molecule has 0 aliphatic rings. The molecule has 0 aliphatic carbocycles. The average Bonchev–Trinajstić information content (AvgIpc) is 1.59. The molecule has 0 heterocycles. The fraction of sp³-hybridized carbons (Fsp3) is 0.833. The van der Waals surface area contributed by atoms with E-state index in [1.807, 2.05) is 21.1 Å². The molecule has 0 atom stereocenters. The lowest BCUT2D eigenvalue weighted by Crippen LogP contribution is -2.38. The first-order valence-electron chi connectivity index (χ1n) is 2.92. The van der Waals surface area contributed by atoms with E-state index in [9.17, 15) is 9.90 Å². The Morgan fingerprint density at radius 1 is 1.40 bits per heavy atom. The fourth-order valence-electron chi connectivity index (χ4n) is 0.427. The summed E-state index contributed by atoms with van der Waals surface area (Å²) in [5.74, 6) is -0.969. The number of nitrogens with zero attached hydrogens (tertiary/aromatic N) is 1. The molecule has 0 aromatic heterocycles. The van der Waals surface area contributed by atoms with E-state index in [0.717, 1.165) is 0 Å². The van der Waals surface area contributed by atoms with E-state index in [4.69, 9.17) is 0 Å². The second-order valence-corrected chi connectivity index (χ2v) is 3.14. The number of carbonyl (C=O) groups is 1. The van der Waals surface area contributed by atoms with Gasteiger partial charge in [0, 0.05) is 12.4 Å². The van der Waals surface area contributed by atoms with Gasteiger partial charge in [-0.05, 0) is 0 Å². The maximum Gasteiger partial charge on any atom is 0.0833 e. The molecule has 0 N–H and O–H groups in total. The first-order chi connectivity index (χ1) is 3.92. The van der Waals surface area contributed by atoms with E-state index in [1.54, 1.807) is 0 Å². The van der Waals surface area contributed by atoms with Gasteiger partial charge in [-0.2, -0.15) is 0 Å². The highest BCUT2D eigenvalue weighted by Gasteiger charge is 2.04. The normalized spacial score (nSPS) is 10.3. The number of halogens is 1. The van der Waals surface area contributed by atoms with Gasteiger partial charge in [-0.1, -0.05) is 0 Å². The molecule has 0 unspecified atom stereocenters. The van der Waals surface area contributed by atoms with Gasteiger partial charge in [0.1, 0.15) is 0 Å². The third kappa shape index (κ3) is 11.0. The van der Waals surface area contributed by atoms with Crippen molar-refractivity contribution < 1.29 is 14.4 Å². The highest BCUT2D eigenvalue weighted by atomic mass is 127. The maximum atomic E-state index is 9.92. The first-order valence-corrected chi connectivity index (χ1v) is 2.92. The Labute approximate surface area is 78.6 Å². The highest BCUT2D eigenvalue weighted by molar-refractivity contribution is 14.0. The molecule has 0 saturated carbocycles. The van der Waals surface area contributed by atoms with Crippen LogP contribution in [-0.2, 0) is 4.79 Å². The van der Waals surface area contributed by atoms with Gasteiger partial charge in [0.05, 0.1) is 27.7 Å². The van der Waals surface area contributed by atoms with Gasteiger partial charge >= 0.3 is 0 Å². The Bertz CT molecular complexity index is 109. The number of carboxylic acid groups (broad SMARTS) is 1. The zero-order valence-corrected chi connectivity index (χ0v) is 8.92. The van der Waals surface area contributed by atoms with Crippen LogP contribution in [0, 0.1) is 0 Å². The van der Waals surface area contributed by atoms with Crippen molar-refractivity contribution in [3.05, 3.63) is 0 Å². The Kier molecular flexibility index (Phi) is 6.27. The number of quaternary nitrogens is 1. The minimum atomic E-state index is -0.969. The summed E-state index contributed by atoms with van der Waals surface area (Å²) < 4.78 is 0.675. The van der Waals surface area contributed by atoms with Crippen molar-refractivity contribution in [2.45, 2.75) is 6.42 Å². The van der Waals surface area contributed by atoms with Crippen molar-refractivity contribution in [3.63, 3.8) is 0 Å². The number of carbonyl (C=O) groups excluding carboxylic acids is 1. The van der Waals surface area contributed by atoms with Gasteiger partial charge in [0.2, 0.25) is 0 Å². The van der Waals surface area contributed by atoms with Gasteiger partial charge in [-0.3, -0.25) is 0 Å². The molecule has 0 saturated heterocycles. The van der Waals surface area contributed by atoms with Crippen LogP contribution in [0.3, 0.4) is 0 Å². The molecule has 0 aromatic carbocycles. The lowest BCUT2D eigenvalue weighted by molar-refractivity contribution is -0.870. The topological polar surface area (TPSA) is 40.1 Å². The lowest BCUT2D eigenvalue weighted by Gasteiger charge is -2.23. The van der Waals surface area contributed by atoms with E-state index in [2.05, 4.69) is 0 Å². The summed E-state index contributed by atoms with van der Waals surface area (Å²) in [6.07, 6.45) is 0.142. The van der Waals surface area contributed by atoms with Crippen molar-refractivity contribution >= 4 is 29.9 Å². The number of rotatable bonds is 3. The van der Waals surface area contributed by atoms with Crippen molar-refractivity contribution in [2.75, 3.05) is 27.7 Å². The fourth-order valence-corrected chi connectivity index (χ4v) is 0.427. The predicted octanol–water partition coefficient (Wildman–Crippen LogP) is -0.549. The van der Waals surface area contributed by atoms with Gasteiger partial charge in [0.25, 0.3) is 0 Å². The Morgan fingerprint density at radius 3 is 1.90 bits per heavy atom. The smallest absolute Gasteiger partial charge is 0.0833 e. The Hall–Kier alpha value is 0.160. The number of carboxylic acids is 1. The highest BCUT2D eigenvalue weighted by Crippen LogP contribution is 1.90. The van der Waals surface area contributed by atoms with E-state index in [-0.39, 0.29) is 30.4 Å². The molecule has 10 heavy (non-hydrogen) atoms. The van der Waals surface area contributed by atoms with Crippen molar-refractivity contribution in [1.29, 1.82) is 0 Å². The van der Waals surface area contributed by atoms with Crippen LogP contribution in [0.25, 0.3) is 0 Å². The molecule has 0 bridgehead atoms. The average molecular weight is 259 g/mol. The van der Waals surface area contributed by atoms with Gasteiger partial charge in [-0.15, -0.1) is 24.0 Å². The zero-order valence-electron chi connectivity index (χ0n) is 6.59. The van der Waals surface area contributed by atoms with Crippen LogP contribution in [0.15, 0.2) is 0 Å². The van der Waals surface area contributed by atoms with Gasteiger partial charge in [0.15, 0.2) is 0 Å². The first kappa shape index (κ1) is 12.8. The molecule has 4 heteroatoms. The maximum absolute atomic E-state index is 9.92. The van der Waals surface area contributed by atoms with Crippen LogP contribution < -0.4 is 5.11 Å². The summed E-state index contributed by atoms with van der Waals surface area (Å²) in [5, 5.41) is 9.92. The summed E-state index contributed by atoms with van der Waals surface area (Å²) in [4.78, 5) is 9.92. The second-order valence-electron chi connectivity index (χ2n) is 3.14. The van der Waals surface area contributed by atoms with Crippen LogP contribution in [0.2, 0.25) is 0 Å². The largest absolute Gasteiger partial charge is 0.550 e. The molecular weight excluding hydrogens is 245 g/mol. The molecule has 0 aromatic rings. The van der Waals surface area contributed by atoms with E-state index < -0.39 is 5.97 Å². The summed E-state index contributed by atoms with van der Waals surface area (Å²) in [6, 6.07) is 0. The van der Waals surface area contributed by atoms with Gasteiger partial charge < -0.3 is 14.4 Å². The summed E-state index contributed by atoms with van der Waals surface area (Å²) in [6.45, 7) is 0.627. The van der Waals surface area contributed by atoms with Crippen LogP contribution in [0.1, 0.15) is 6.42 Å². The lowest BCUT2D eigenvalue weighted by atomic mass is 10.4. The third-order valence-electron chi connectivity index (χ3n) is 0.987. The molecule has 0 fully saturated rings. The quantitative estimate of drug-likeness (QED) is 0.504. The second kappa shape index (κ2) is 4.90. The van der Waals surface area contributed by atoms with Crippen molar-refractivity contribution in [1.82, 2.24) is 0 Å². The number of aliphatic carboxylic acids is 1. The molecule has 0 spiro atoms. The SMILES string of the molecule is C[N+](C)(C)CCC(=O)[O-].I. The predicted molar refractivity (Wildman–Crippen MR) is 47.9 cm³/mol.